The van der Waals surface area contributed by atoms with E-state index in [0.29, 0.717) is 30.6 Å². The third-order valence-electron chi connectivity index (χ3n) is 6.30. The van der Waals surface area contributed by atoms with Crippen molar-refractivity contribution in [3.8, 4) is 11.5 Å². The molecule has 246 valence electrons. The van der Waals surface area contributed by atoms with Crippen LogP contribution in [0.4, 0.5) is 0 Å². The van der Waals surface area contributed by atoms with Crippen LogP contribution >= 0.6 is 11.6 Å². The number of primary amides is 1. The molecule has 1 aliphatic heterocycles. The predicted molar refractivity (Wildman–Crippen MR) is 174 cm³/mol. The molecular weight excluding hydrogens is 600 g/mol. The zero-order valence-corrected chi connectivity index (χ0v) is 27.1. The van der Waals surface area contributed by atoms with Gasteiger partial charge >= 0.3 is 5.97 Å². The highest BCUT2D eigenvalue weighted by molar-refractivity contribution is 6.31. The summed E-state index contributed by atoms with van der Waals surface area (Å²) in [6.45, 7) is 10.2. The molecule has 0 saturated carbocycles. The van der Waals surface area contributed by atoms with Gasteiger partial charge < -0.3 is 35.3 Å². The number of aromatic hydroxyl groups is 1. The van der Waals surface area contributed by atoms with Crippen LogP contribution in [-0.4, -0.2) is 58.6 Å². The van der Waals surface area contributed by atoms with Crippen molar-refractivity contribution in [2.24, 2.45) is 17.6 Å². The molecule has 1 fully saturated rings. The summed E-state index contributed by atoms with van der Waals surface area (Å²) in [6, 6.07) is 19.0. The number of hydrogen-bond donors (Lipinski definition) is 4. The number of rotatable bonds is 6. The minimum atomic E-state index is -0.786. The topological polar surface area (TPSA) is 161 Å². The van der Waals surface area contributed by atoms with Gasteiger partial charge in [-0.1, -0.05) is 80.6 Å². The van der Waals surface area contributed by atoms with Crippen molar-refractivity contribution in [3.63, 3.8) is 0 Å². The molecule has 5 N–H and O–H groups in total. The Bertz CT molecular complexity index is 1320. The Kier molecular flexibility index (Phi) is 18.6. The normalized spacial score (nSPS) is 15.9. The number of carbonyl (C=O) groups excluding carboxylic acids is 2. The van der Waals surface area contributed by atoms with Gasteiger partial charge in [-0.05, 0) is 42.9 Å². The number of allylic oxidation sites excluding steroid dienone is 1. The molecule has 2 unspecified atom stereocenters. The first-order valence-corrected chi connectivity index (χ1v) is 14.8. The lowest BCUT2D eigenvalue weighted by atomic mass is 9.95. The Hall–Kier alpha value is -4.12. The molecule has 4 rings (SSSR count). The lowest BCUT2D eigenvalue weighted by molar-refractivity contribution is -0.148. The maximum Gasteiger partial charge on any atom is 0.308 e. The summed E-state index contributed by atoms with van der Waals surface area (Å²) in [5, 5.41) is 27.0. The number of aliphatic hydroxyl groups is 2. The van der Waals surface area contributed by atoms with Crippen LogP contribution in [0.3, 0.4) is 0 Å². The number of aromatic nitrogens is 1. The van der Waals surface area contributed by atoms with E-state index in [2.05, 4.69) is 35.8 Å². The van der Waals surface area contributed by atoms with Crippen molar-refractivity contribution < 1.29 is 39.1 Å². The van der Waals surface area contributed by atoms with Gasteiger partial charge in [0.1, 0.15) is 0 Å². The smallest absolute Gasteiger partial charge is 0.308 e. The highest BCUT2D eigenvalue weighted by atomic mass is 35.5. The number of benzene rings is 2. The molecule has 3 aromatic rings. The van der Waals surface area contributed by atoms with E-state index < -0.39 is 5.91 Å². The molecule has 1 aliphatic rings. The Labute approximate surface area is 270 Å². The number of nitrogens with zero attached hydrogens (tertiary/aromatic N) is 1. The number of cyclic esters (lactones) is 1. The highest BCUT2D eigenvalue weighted by Crippen LogP contribution is 2.26. The molecule has 2 heterocycles. The quantitative estimate of drug-likeness (QED) is 0.185. The van der Waals surface area contributed by atoms with Gasteiger partial charge in [0.05, 0.1) is 38.6 Å². The molecule has 1 saturated heterocycles. The van der Waals surface area contributed by atoms with Crippen LogP contribution in [0.5, 0.6) is 11.5 Å². The fourth-order valence-corrected chi connectivity index (χ4v) is 3.97. The van der Waals surface area contributed by atoms with Crippen molar-refractivity contribution >= 4 is 23.5 Å². The maximum absolute atomic E-state index is 11.4. The van der Waals surface area contributed by atoms with Gasteiger partial charge in [-0.2, -0.15) is 0 Å². The van der Waals surface area contributed by atoms with Gasteiger partial charge in [-0.25, -0.2) is 4.98 Å². The van der Waals surface area contributed by atoms with Gasteiger partial charge in [0.2, 0.25) is 0 Å². The number of carbonyl (C=O) groups is 2. The summed E-state index contributed by atoms with van der Waals surface area (Å²) in [4.78, 5) is 25.6. The number of pyridine rings is 1. The van der Waals surface area contributed by atoms with E-state index in [-0.39, 0.29) is 47.6 Å². The van der Waals surface area contributed by atoms with E-state index in [9.17, 15) is 14.7 Å². The fourth-order valence-electron chi connectivity index (χ4n) is 3.77. The summed E-state index contributed by atoms with van der Waals surface area (Å²) < 4.78 is 15.6. The second-order valence-electron chi connectivity index (χ2n) is 10.4. The van der Waals surface area contributed by atoms with E-state index in [1.54, 1.807) is 12.1 Å². The molecule has 0 spiro atoms. The summed E-state index contributed by atoms with van der Waals surface area (Å²) >= 11 is 5.66. The molecule has 0 bridgehead atoms. The second-order valence-corrected chi connectivity index (χ2v) is 10.8. The molecular formula is C34H45ClN2O8. The summed E-state index contributed by atoms with van der Waals surface area (Å²) in [6.07, 6.45) is 3.51. The molecule has 45 heavy (non-hydrogen) atoms. The van der Waals surface area contributed by atoms with Gasteiger partial charge in [-0.15, -0.1) is 0 Å². The molecule has 2 aromatic carbocycles. The fraction of sp³-hybridized carbons (Fsp3) is 0.382. The standard InChI is InChI=1S/C15H20O3.C7H7ClO.C7H8N2O3.C5H10O/c1-12-9-14(10-13-5-3-2-4-6-13)11-17-8-7-15(16)18-12;8-7-4-2-1-3-6(7)5-9;1-12-4-2-3-9-5(6(4)10)7(8)11;1-4(2)5(3)6/h2-6,12,14H,7-11H2,1H3;1-4,9H,5H2;2-3,10H,1H3,(H2,8,11);4,6H,3H2,1-2H3. The minimum absolute atomic E-state index is 0.0136. The van der Waals surface area contributed by atoms with Crippen LogP contribution in [0.25, 0.3) is 0 Å². The summed E-state index contributed by atoms with van der Waals surface area (Å²) in [7, 11) is 1.37. The van der Waals surface area contributed by atoms with Gasteiger partial charge in [-0.3, -0.25) is 9.59 Å². The van der Waals surface area contributed by atoms with Crippen LogP contribution in [-0.2, 0) is 27.3 Å². The number of aliphatic hydroxyl groups excluding tert-OH is 2. The van der Waals surface area contributed by atoms with Crippen molar-refractivity contribution in [1.82, 2.24) is 4.98 Å². The highest BCUT2D eigenvalue weighted by Gasteiger charge is 2.20. The van der Waals surface area contributed by atoms with E-state index >= 15 is 0 Å². The van der Waals surface area contributed by atoms with E-state index in [1.165, 1.54) is 24.9 Å². The number of ether oxygens (including phenoxy) is 3. The lowest BCUT2D eigenvalue weighted by Gasteiger charge is -2.19. The van der Waals surface area contributed by atoms with Crippen molar-refractivity contribution in [3.05, 3.63) is 101 Å². The number of amides is 1. The number of esters is 1. The Morgan fingerprint density at radius 2 is 1.78 bits per heavy atom. The molecule has 2 atom stereocenters. The van der Waals surface area contributed by atoms with E-state index in [1.807, 2.05) is 39.0 Å². The molecule has 1 amide bonds. The average molecular weight is 645 g/mol. The predicted octanol–water partition coefficient (Wildman–Crippen LogP) is 6.03. The largest absolute Gasteiger partial charge is 0.513 e. The number of halogens is 1. The Morgan fingerprint density at radius 1 is 1.16 bits per heavy atom. The first-order chi connectivity index (χ1) is 21.4. The Balaban J connectivity index is 0.000000325. The number of methoxy groups -OCH3 is 1. The molecule has 0 aliphatic carbocycles. The van der Waals surface area contributed by atoms with Gasteiger partial charge in [0.15, 0.2) is 17.2 Å². The van der Waals surface area contributed by atoms with E-state index in [4.69, 9.17) is 41.8 Å². The van der Waals surface area contributed by atoms with Crippen LogP contribution in [0.1, 0.15) is 55.2 Å². The zero-order valence-electron chi connectivity index (χ0n) is 26.3. The SMILES string of the molecule is C=C(O)C(C)C.CC1CC(Cc2ccccc2)COCCC(=O)O1.COc1ccnc(C(N)=O)c1O.OCc1ccccc1Cl. The first kappa shape index (κ1) is 38.9. The number of nitrogens with two attached hydrogens (primary N) is 1. The van der Waals surface area contributed by atoms with Crippen LogP contribution in [0.15, 0.2) is 79.2 Å². The zero-order chi connectivity index (χ0) is 33.8. The van der Waals surface area contributed by atoms with E-state index in [0.717, 1.165) is 18.4 Å². The minimum Gasteiger partial charge on any atom is -0.513 e. The molecule has 0 radical (unpaired) electrons. The van der Waals surface area contributed by atoms with Crippen LogP contribution in [0, 0.1) is 11.8 Å². The average Bonchev–Trinajstić information content (AvgIpc) is 3.08. The van der Waals surface area contributed by atoms with Crippen LogP contribution in [0.2, 0.25) is 5.02 Å². The summed E-state index contributed by atoms with van der Waals surface area (Å²) in [5.74, 6) is -0.200. The monoisotopic (exact) mass is 644 g/mol. The second kappa shape index (κ2) is 21.6. The maximum atomic E-state index is 11.4. The molecule has 1 aromatic heterocycles. The van der Waals surface area contributed by atoms with Crippen molar-refractivity contribution in [1.29, 1.82) is 0 Å². The van der Waals surface area contributed by atoms with Gasteiger partial charge in [0.25, 0.3) is 5.91 Å². The van der Waals surface area contributed by atoms with Crippen LogP contribution < -0.4 is 10.5 Å². The molecule has 11 heteroatoms. The third kappa shape index (κ3) is 16.0. The number of hydrogen-bond acceptors (Lipinski definition) is 9. The first-order valence-electron chi connectivity index (χ1n) is 14.4. The lowest BCUT2D eigenvalue weighted by Crippen LogP contribution is -2.20. The van der Waals surface area contributed by atoms with Crippen molar-refractivity contribution in [2.75, 3.05) is 20.3 Å². The third-order valence-corrected chi connectivity index (χ3v) is 6.67. The molecule has 10 nitrogen and oxygen atoms in total. The Morgan fingerprint density at radius 3 is 2.31 bits per heavy atom. The van der Waals surface area contributed by atoms with Gasteiger partial charge in [0, 0.05) is 29.8 Å². The summed E-state index contributed by atoms with van der Waals surface area (Å²) in [5.41, 5.74) is 6.82. The van der Waals surface area contributed by atoms with Crippen molar-refractivity contribution in [2.45, 2.75) is 52.7 Å².